The maximum atomic E-state index is 12.0. The summed E-state index contributed by atoms with van der Waals surface area (Å²) in [4.78, 5) is 25.3. The van der Waals surface area contributed by atoms with Crippen molar-refractivity contribution in [3.63, 3.8) is 0 Å². The third kappa shape index (κ3) is 6.22. The van der Waals surface area contributed by atoms with Crippen molar-refractivity contribution in [1.29, 1.82) is 0 Å². The number of benzene rings is 1. The first kappa shape index (κ1) is 19.5. The number of ether oxygens (including phenoxy) is 1. The quantitative estimate of drug-likeness (QED) is 0.532. The number of carbonyl (C=O) groups is 2. The number of hydrogen-bond donors (Lipinski definition) is 2. The molecule has 0 atom stereocenters. The fraction of sp³-hybridized carbons (Fsp3) is 0.300. The highest BCUT2D eigenvalue weighted by atomic mass is 16.5. The van der Waals surface area contributed by atoms with E-state index >= 15 is 0 Å². The van der Waals surface area contributed by atoms with E-state index in [9.17, 15) is 9.59 Å². The average Bonchev–Trinajstić information content (AvgIpc) is 3.18. The summed E-state index contributed by atoms with van der Waals surface area (Å²) in [5.74, 6) is -0.0316. The fourth-order valence-electron chi connectivity index (χ4n) is 2.39. The Labute approximate surface area is 153 Å². The van der Waals surface area contributed by atoms with Crippen LogP contribution in [0.4, 0.5) is 5.69 Å². The zero-order valence-corrected chi connectivity index (χ0v) is 15.2. The number of likely N-dealkylation sites (N-methyl/N-ethyl adjacent to an activating group) is 1. The predicted octanol–water partition coefficient (Wildman–Crippen LogP) is 2.01. The monoisotopic (exact) mass is 357 g/mol. The number of nitrogens with one attached hydrogen (secondary N) is 2. The molecule has 0 unspecified atom stereocenters. The summed E-state index contributed by atoms with van der Waals surface area (Å²) in [6.07, 6.45) is 4.51. The molecule has 138 valence electrons. The molecule has 26 heavy (non-hydrogen) atoms. The van der Waals surface area contributed by atoms with E-state index < -0.39 is 0 Å². The van der Waals surface area contributed by atoms with Gasteiger partial charge in [0, 0.05) is 11.8 Å². The summed E-state index contributed by atoms with van der Waals surface area (Å²) in [5.41, 5.74) is 1.06. The summed E-state index contributed by atoms with van der Waals surface area (Å²) in [5, 5.41) is 2.72. The van der Waals surface area contributed by atoms with Gasteiger partial charge in [-0.25, -0.2) is 4.79 Å². The van der Waals surface area contributed by atoms with Gasteiger partial charge in [-0.2, -0.15) is 0 Å². The van der Waals surface area contributed by atoms with E-state index in [0.29, 0.717) is 23.6 Å². The van der Waals surface area contributed by atoms with Crippen molar-refractivity contribution in [3.05, 3.63) is 60.1 Å². The lowest BCUT2D eigenvalue weighted by Gasteiger charge is -2.15. The van der Waals surface area contributed by atoms with Gasteiger partial charge in [0.1, 0.15) is 18.9 Å². The molecule has 1 heterocycles. The van der Waals surface area contributed by atoms with E-state index in [1.165, 1.54) is 11.0 Å². The van der Waals surface area contributed by atoms with Crippen LogP contribution in [0.15, 0.2) is 53.2 Å². The molecular formula is C20H25N2O4+. The van der Waals surface area contributed by atoms with Crippen LogP contribution >= 0.6 is 0 Å². The van der Waals surface area contributed by atoms with Crippen molar-refractivity contribution in [2.24, 2.45) is 0 Å². The number of carbonyl (C=O) groups excluding carboxylic acids is 2. The van der Waals surface area contributed by atoms with E-state index in [4.69, 9.17) is 9.15 Å². The van der Waals surface area contributed by atoms with Crippen LogP contribution in [0.2, 0.25) is 0 Å². The van der Waals surface area contributed by atoms with Crippen molar-refractivity contribution in [2.75, 3.05) is 31.6 Å². The minimum absolute atomic E-state index is 0.279. The highest BCUT2D eigenvalue weighted by Crippen LogP contribution is 2.11. The van der Waals surface area contributed by atoms with Crippen LogP contribution in [0.3, 0.4) is 0 Å². The molecule has 2 N–H and O–H groups in total. The molecule has 6 nitrogen and oxygen atoms in total. The van der Waals surface area contributed by atoms with Gasteiger partial charge in [-0.05, 0) is 56.3 Å². The first-order valence-electron chi connectivity index (χ1n) is 8.75. The van der Waals surface area contributed by atoms with E-state index in [2.05, 4.69) is 19.2 Å². The van der Waals surface area contributed by atoms with Crippen LogP contribution in [0.25, 0.3) is 6.08 Å². The van der Waals surface area contributed by atoms with Gasteiger partial charge < -0.3 is 19.4 Å². The summed E-state index contributed by atoms with van der Waals surface area (Å²) in [6, 6.07) is 10.1. The van der Waals surface area contributed by atoms with Crippen molar-refractivity contribution >= 4 is 23.6 Å². The topological polar surface area (TPSA) is 73.0 Å². The molecule has 1 amide bonds. The van der Waals surface area contributed by atoms with Crippen molar-refractivity contribution in [3.8, 4) is 0 Å². The molecule has 0 spiro atoms. The molecule has 1 aromatic carbocycles. The second-order valence-electron chi connectivity index (χ2n) is 5.76. The molecule has 0 aliphatic carbocycles. The molecule has 2 aromatic rings. The molecule has 2 rings (SSSR count). The van der Waals surface area contributed by atoms with Gasteiger partial charge in [0.2, 0.25) is 5.91 Å². The van der Waals surface area contributed by atoms with Crippen molar-refractivity contribution in [1.82, 2.24) is 0 Å². The third-order valence-corrected chi connectivity index (χ3v) is 4.02. The number of furan rings is 1. The lowest BCUT2D eigenvalue weighted by Crippen LogP contribution is -3.11. The van der Waals surface area contributed by atoms with Crippen molar-refractivity contribution < 1.29 is 23.6 Å². The molecular weight excluding hydrogens is 332 g/mol. The van der Waals surface area contributed by atoms with Crippen LogP contribution in [0.1, 0.15) is 30.0 Å². The van der Waals surface area contributed by atoms with Gasteiger partial charge in [0.15, 0.2) is 0 Å². The molecule has 0 fully saturated rings. The lowest BCUT2D eigenvalue weighted by atomic mass is 10.2. The molecule has 0 radical (unpaired) electrons. The molecule has 0 bridgehead atoms. The van der Waals surface area contributed by atoms with E-state index in [1.54, 1.807) is 48.7 Å². The minimum Gasteiger partial charge on any atom is -0.465 e. The number of anilines is 1. The maximum Gasteiger partial charge on any atom is 0.338 e. The molecule has 0 aliphatic rings. The van der Waals surface area contributed by atoms with Crippen LogP contribution in [-0.2, 0) is 9.53 Å². The fourth-order valence-corrected chi connectivity index (χ4v) is 2.39. The van der Waals surface area contributed by atoms with E-state index in [-0.39, 0.29) is 11.9 Å². The number of esters is 1. The second-order valence-corrected chi connectivity index (χ2v) is 5.76. The second kappa shape index (κ2) is 10.2. The van der Waals surface area contributed by atoms with Crippen LogP contribution in [0.5, 0.6) is 0 Å². The van der Waals surface area contributed by atoms with Crippen LogP contribution < -0.4 is 10.2 Å². The molecule has 1 aromatic heterocycles. The lowest BCUT2D eigenvalue weighted by molar-refractivity contribution is -0.896. The Bertz CT molecular complexity index is 717. The molecule has 0 aliphatic heterocycles. The molecule has 0 saturated carbocycles. The van der Waals surface area contributed by atoms with E-state index in [0.717, 1.165) is 19.6 Å². The Kier molecular flexibility index (Phi) is 7.64. The highest BCUT2D eigenvalue weighted by molar-refractivity contribution is 6.02. The van der Waals surface area contributed by atoms with Crippen LogP contribution in [0, 0.1) is 0 Å². The number of rotatable bonds is 9. The SMILES string of the molecule is CC[NH+](CC)CCOC(=O)c1ccc(NC(=O)/C=C/c2ccco2)cc1. The van der Waals surface area contributed by atoms with E-state index in [1.807, 2.05) is 0 Å². The Morgan fingerprint density at radius 3 is 2.50 bits per heavy atom. The molecule has 0 saturated heterocycles. The summed E-state index contributed by atoms with van der Waals surface area (Å²) in [6.45, 7) is 7.43. The van der Waals surface area contributed by atoms with Gasteiger partial charge >= 0.3 is 5.97 Å². The third-order valence-electron chi connectivity index (χ3n) is 4.02. The van der Waals surface area contributed by atoms with Gasteiger partial charge in [0.05, 0.1) is 24.9 Å². The Morgan fingerprint density at radius 2 is 1.88 bits per heavy atom. The zero-order chi connectivity index (χ0) is 18.8. The van der Waals surface area contributed by atoms with Gasteiger partial charge in [-0.15, -0.1) is 0 Å². The summed E-state index contributed by atoms with van der Waals surface area (Å²) < 4.78 is 10.4. The van der Waals surface area contributed by atoms with Crippen molar-refractivity contribution in [2.45, 2.75) is 13.8 Å². The maximum absolute atomic E-state index is 12.0. The highest BCUT2D eigenvalue weighted by Gasteiger charge is 2.09. The van der Waals surface area contributed by atoms with Gasteiger partial charge in [0.25, 0.3) is 0 Å². The first-order valence-corrected chi connectivity index (χ1v) is 8.75. The average molecular weight is 357 g/mol. The minimum atomic E-state index is -0.354. The smallest absolute Gasteiger partial charge is 0.338 e. The summed E-state index contributed by atoms with van der Waals surface area (Å²) in [7, 11) is 0. The first-order chi connectivity index (χ1) is 12.6. The predicted molar refractivity (Wildman–Crippen MR) is 100 cm³/mol. The number of amides is 1. The Morgan fingerprint density at radius 1 is 1.15 bits per heavy atom. The normalized spacial score (nSPS) is 11.0. The number of quaternary nitrogens is 1. The van der Waals surface area contributed by atoms with Gasteiger partial charge in [-0.1, -0.05) is 0 Å². The number of hydrogen-bond acceptors (Lipinski definition) is 4. The molecule has 6 heteroatoms. The Balaban J connectivity index is 1.81. The van der Waals surface area contributed by atoms with Gasteiger partial charge in [-0.3, -0.25) is 4.79 Å². The standard InChI is InChI=1S/C20H24N2O4/c1-3-22(4-2)13-15-26-20(24)16-7-9-17(10-8-16)21-19(23)12-11-18-6-5-14-25-18/h5-12,14H,3-4,13,15H2,1-2H3,(H,21,23)/p+1/b12-11+. The van der Waals surface area contributed by atoms with Crippen LogP contribution in [-0.4, -0.2) is 38.1 Å². The Hall–Kier alpha value is -2.86. The zero-order valence-electron chi connectivity index (χ0n) is 15.2. The largest absolute Gasteiger partial charge is 0.465 e. The summed E-state index contributed by atoms with van der Waals surface area (Å²) >= 11 is 0.